The fourth-order valence-electron chi connectivity index (χ4n) is 2.06. The molecular formula is C13H18NO. The van der Waals surface area contributed by atoms with Crippen LogP contribution in [0.5, 0.6) is 5.75 Å². The third-order valence-electron chi connectivity index (χ3n) is 2.96. The molecule has 1 atom stereocenters. The van der Waals surface area contributed by atoms with Crippen molar-refractivity contribution in [3.05, 3.63) is 29.8 Å². The average molecular weight is 204 g/mol. The monoisotopic (exact) mass is 204 g/mol. The van der Waals surface area contributed by atoms with Crippen LogP contribution in [0.1, 0.15) is 24.8 Å². The normalized spacial score (nSPS) is 21.3. The molecule has 2 nitrogen and oxygen atoms in total. The highest BCUT2D eigenvalue weighted by molar-refractivity contribution is 5.27. The van der Waals surface area contributed by atoms with Crippen LogP contribution in [0.2, 0.25) is 0 Å². The van der Waals surface area contributed by atoms with Crippen molar-refractivity contribution in [2.75, 3.05) is 13.7 Å². The first-order chi connectivity index (χ1) is 7.38. The van der Waals surface area contributed by atoms with E-state index in [0.29, 0.717) is 6.04 Å². The van der Waals surface area contributed by atoms with Crippen LogP contribution >= 0.6 is 0 Å². The SMILES string of the molecule is COc1ccc(CC2CCCC[N]2)cc1. The van der Waals surface area contributed by atoms with Gasteiger partial charge >= 0.3 is 0 Å². The highest BCUT2D eigenvalue weighted by atomic mass is 16.5. The van der Waals surface area contributed by atoms with Gasteiger partial charge in [-0.2, -0.15) is 0 Å². The van der Waals surface area contributed by atoms with Gasteiger partial charge in [0, 0.05) is 12.6 Å². The Labute approximate surface area is 91.6 Å². The molecule has 1 aromatic rings. The average Bonchev–Trinajstić information content (AvgIpc) is 2.31. The lowest BCUT2D eigenvalue weighted by molar-refractivity contribution is 0.390. The van der Waals surface area contributed by atoms with E-state index < -0.39 is 0 Å². The summed E-state index contributed by atoms with van der Waals surface area (Å²) >= 11 is 0. The first kappa shape index (κ1) is 10.5. The minimum absolute atomic E-state index is 0.548. The minimum atomic E-state index is 0.548. The lowest BCUT2D eigenvalue weighted by atomic mass is 9.98. The van der Waals surface area contributed by atoms with E-state index in [0.717, 1.165) is 18.7 Å². The first-order valence-electron chi connectivity index (χ1n) is 5.68. The molecule has 0 aliphatic carbocycles. The topological polar surface area (TPSA) is 23.3 Å². The molecule has 15 heavy (non-hydrogen) atoms. The van der Waals surface area contributed by atoms with E-state index in [1.807, 2.05) is 12.1 Å². The van der Waals surface area contributed by atoms with Gasteiger partial charge in [0.25, 0.3) is 0 Å². The number of ether oxygens (including phenoxy) is 1. The second-order valence-electron chi connectivity index (χ2n) is 4.11. The van der Waals surface area contributed by atoms with E-state index in [1.54, 1.807) is 7.11 Å². The summed E-state index contributed by atoms with van der Waals surface area (Å²) < 4.78 is 5.14. The van der Waals surface area contributed by atoms with Crippen molar-refractivity contribution in [3.8, 4) is 5.75 Å². The summed E-state index contributed by atoms with van der Waals surface area (Å²) in [4.78, 5) is 0. The number of methoxy groups -OCH3 is 1. The fourth-order valence-corrected chi connectivity index (χ4v) is 2.06. The summed E-state index contributed by atoms with van der Waals surface area (Å²) in [6.45, 7) is 1.06. The molecule has 1 unspecified atom stereocenters. The summed E-state index contributed by atoms with van der Waals surface area (Å²) in [5.74, 6) is 0.930. The lowest BCUT2D eigenvalue weighted by Crippen LogP contribution is -2.29. The van der Waals surface area contributed by atoms with E-state index in [-0.39, 0.29) is 0 Å². The maximum atomic E-state index is 5.14. The van der Waals surface area contributed by atoms with Gasteiger partial charge in [-0.3, -0.25) is 0 Å². The van der Waals surface area contributed by atoms with E-state index in [4.69, 9.17) is 4.74 Å². The van der Waals surface area contributed by atoms with Crippen LogP contribution in [0, 0.1) is 0 Å². The molecule has 1 aliphatic rings. The van der Waals surface area contributed by atoms with Crippen LogP contribution in [0.15, 0.2) is 24.3 Å². The standard InChI is InChI=1S/C13H18NO/c1-15-13-7-5-11(6-8-13)10-12-4-2-3-9-14-12/h5-8,12H,2-4,9-10H2,1H3. The largest absolute Gasteiger partial charge is 0.497 e. The molecule has 1 radical (unpaired) electrons. The summed E-state index contributed by atoms with van der Waals surface area (Å²) in [5, 5.41) is 4.64. The molecule has 0 amide bonds. The van der Waals surface area contributed by atoms with E-state index in [9.17, 15) is 0 Å². The van der Waals surface area contributed by atoms with Gasteiger partial charge in [0.15, 0.2) is 0 Å². The van der Waals surface area contributed by atoms with Crippen molar-refractivity contribution in [2.45, 2.75) is 31.7 Å². The van der Waals surface area contributed by atoms with Crippen molar-refractivity contribution < 1.29 is 4.74 Å². The molecule has 0 saturated carbocycles. The summed E-state index contributed by atoms with van der Waals surface area (Å²) in [5.41, 5.74) is 1.37. The zero-order chi connectivity index (χ0) is 10.5. The molecule has 0 N–H and O–H groups in total. The molecular weight excluding hydrogens is 186 g/mol. The molecule has 1 fully saturated rings. The molecule has 81 valence electrons. The van der Waals surface area contributed by atoms with Gasteiger partial charge in [0.1, 0.15) is 5.75 Å². The number of hydrogen-bond acceptors (Lipinski definition) is 1. The van der Waals surface area contributed by atoms with E-state index in [2.05, 4.69) is 17.4 Å². The highest BCUT2D eigenvalue weighted by Crippen LogP contribution is 2.16. The van der Waals surface area contributed by atoms with Gasteiger partial charge in [-0.15, -0.1) is 0 Å². The van der Waals surface area contributed by atoms with Gasteiger partial charge in [0.05, 0.1) is 7.11 Å². The quantitative estimate of drug-likeness (QED) is 0.741. The van der Waals surface area contributed by atoms with Crippen molar-refractivity contribution in [1.29, 1.82) is 0 Å². The zero-order valence-corrected chi connectivity index (χ0v) is 9.28. The number of rotatable bonds is 3. The molecule has 1 aliphatic heterocycles. The second kappa shape index (κ2) is 5.17. The Morgan fingerprint density at radius 2 is 2.07 bits per heavy atom. The Kier molecular flexibility index (Phi) is 3.62. The Morgan fingerprint density at radius 1 is 1.27 bits per heavy atom. The predicted octanol–water partition coefficient (Wildman–Crippen LogP) is 2.39. The van der Waals surface area contributed by atoms with Crippen molar-refractivity contribution in [2.24, 2.45) is 0 Å². The molecule has 1 aromatic carbocycles. The molecule has 0 bridgehead atoms. The van der Waals surface area contributed by atoms with Gasteiger partial charge in [0.2, 0.25) is 0 Å². The van der Waals surface area contributed by atoms with Crippen LogP contribution < -0.4 is 10.1 Å². The van der Waals surface area contributed by atoms with Crippen LogP contribution in [0.3, 0.4) is 0 Å². The highest BCUT2D eigenvalue weighted by Gasteiger charge is 2.13. The Bertz CT molecular complexity index is 288. The van der Waals surface area contributed by atoms with Crippen molar-refractivity contribution in [3.63, 3.8) is 0 Å². The van der Waals surface area contributed by atoms with Crippen molar-refractivity contribution >= 4 is 0 Å². The number of piperidine rings is 1. The summed E-state index contributed by atoms with van der Waals surface area (Å²) in [6.07, 6.45) is 4.96. The zero-order valence-electron chi connectivity index (χ0n) is 9.28. The third-order valence-corrected chi connectivity index (χ3v) is 2.96. The smallest absolute Gasteiger partial charge is 0.118 e. The summed E-state index contributed by atoms with van der Waals surface area (Å²) in [7, 11) is 1.70. The first-order valence-corrected chi connectivity index (χ1v) is 5.68. The lowest BCUT2D eigenvalue weighted by Gasteiger charge is -2.21. The summed E-state index contributed by atoms with van der Waals surface area (Å²) in [6, 6.07) is 8.88. The van der Waals surface area contributed by atoms with Gasteiger partial charge in [-0.1, -0.05) is 18.6 Å². The van der Waals surface area contributed by atoms with Gasteiger partial charge < -0.3 is 4.74 Å². The number of nitrogens with zero attached hydrogens (tertiary/aromatic N) is 1. The van der Waals surface area contributed by atoms with Crippen LogP contribution in [-0.4, -0.2) is 19.7 Å². The van der Waals surface area contributed by atoms with Gasteiger partial charge in [-0.05, 0) is 37.0 Å². The van der Waals surface area contributed by atoms with E-state index in [1.165, 1.54) is 24.8 Å². The number of hydrogen-bond donors (Lipinski definition) is 0. The Morgan fingerprint density at radius 3 is 2.67 bits per heavy atom. The van der Waals surface area contributed by atoms with Crippen LogP contribution in [-0.2, 0) is 6.42 Å². The Balaban J connectivity index is 1.91. The molecule has 0 aromatic heterocycles. The Hall–Kier alpha value is -1.02. The molecule has 1 saturated heterocycles. The third kappa shape index (κ3) is 2.96. The van der Waals surface area contributed by atoms with Crippen molar-refractivity contribution in [1.82, 2.24) is 5.32 Å². The molecule has 2 rings (SSSR count). The van der Waals surface area contributed by atoms with Gasteiger partial charge in [-0.25, -0.2) is 5.32 Å². The number of benzene rings is 1. The predicted molar refractivity (Wildman–Crippen MR) is 61.3 cm³/mol. The molecule has 1 heterocycles. The fraction of sp³-hybridized carbons (Fsp3) is 0.538. The van der Waals surface area contributed by atoms with E-state index >= 15 is 0 Å². The molecule has 0 spiro atoms. The molecule has 2 heteroatoms. The second-order valence-corrected chi connectivity index (χ2v) is 4.11. The van der Waals surface area contributed by atoms with Crippen LogP contribution in [0.4, 0.5) is 0 Å². The maximum Gasteiger partial charge on any atom is 0.118 e. The minimum Gasteiger partial charge on any atom is -0.497 e. The van der Waals surface area contributed by atoms with Crippen LogP contribution in [0.25, 0.3) is 0 Å². The maximum absolute atomic E-state index is 5.14.